The van der Waals surface area contributed by atoms with Gasteiger partial charge in [0, 0.05) is 13.3 Å². The van der Waals surface area contributed by atoms with Crippen molar-refractivity contribution in [2.45, 2.75) is 33.1 Å². The molecule has 0 saturated heterocycles. The first-order valence-electron chi connectivity index (χ1n) is 3.48. The van der Waals surface area contributed by atoms with Crippen molar-refractivity contribution >= 4 is 11.9 Å². The molecule has 4 heteroatoms. The average Bonchev–Trinajstić information content (AvgIpc) is 1.82. The van der Waals surface area contributed by atoms with Gasteiger partial charge in [-0.05, 0) is 6.42 Å². The van der Waals surface area contributed by atoms with Gasteiger partial charge in [0.25, 0.3) is 0 Å². The molecule has 3 N–H and O–H groups in total. The number of rotatable bonds is 3. The van der Waals surface area contributed by atoms with Crippen LogP contribution >= 0.6 is 0 Å². The van der Waals surface area contributed by atoms with E-state index in [1.807, 2.05) is 6.92 Å². The Morgan fingerprint density at radius 1 is 1.45 bits per heavy atom. The van der Waals surface area contributed by atoms with E-state index in [0.29, 0.717) is 6.42 Å². The van der Waals surface area contributed by atoms with E-state index in [4.69, 9.17) is 5.11 Å². The summed E-state index contributed by atoms with van der Waals surface area (Å²) in [6.45, 7) is 3.28. The number of aliphatic carboxylic acids is 1. The molecular formula is C7H15NO3. The second-order valence-corrected chi connectivity index (χ2v) is 2.11. The lowest BCUT2D eigenvalue weighted by atomic mass is 10.3. The van der Waals surface area contributed by atoms with Crippen molar-refractivity contribution in [3.63, 3.8) is 0 Å². The molecule has 0 heterocycles. The number of hydrogen-bond donors (Lipinski definition) is 2. The molecule has 0 spiro atoms. The van der Waals surface area contributed by atoms with Crippen LogP contribution in [0.15, 0.2) is 0 Å². The summed E-state index contributed by atoms with van der Waals surface area (Å²) < 4.78 is 0. The molecule has 0 aliphatic carbocycles. The largest absolute Gasteiger partial charge is 0.481 e. The maximum Gasteiger partial charge on any atom is 0.303 e. The molecule has 0 fully saturated rings. The monoisotopic (exact) mass is 161 g/mol. The summed E-state index contributed by atoms with van der Waals surface area (Å²) in [6, 6.07) is 0. The number of carboxylic acid groups (broad SMARTS) is 1. The Hall–Kier alpha value is -1.06. The van der Waals surface area contributed by atoms with Crippen molar-refractivity contribution in [1.29, 1.82) is 0 Å². The van der Waals surface area contributed by atoms with E-state index >= 15 is 0 Å². The van der Waals surface area contributed by atoms with Crippen LogP contribution in [0.25, 0.3) is 0 Å². The standard InChI is InChI=1S/C5H10O2.C2H5NO/c1-2-3-4-5(6)7;1-2(3)4/h2-4H2,1H3,(H,6,7);1H3,(H2,3,4). The maximum atomic E-state index is 9.76. The third-order valence-electron chi connectivity index (χ3n) is 0.744. The van der Waals surface area contributed by atoms with Crippen molar-refractivity contribution in [3.05, 3.63) is 0 Å². The lowest BCUT2D eigenvalue weighted by molar-refractivity contribution is -0.137. The molecule has 0 rings (SSSR count). The topological polar surface area (TPSA) is 80.4 Å². The van der Waals surface area contributed by atoms with Crippen molar-refractivity contribution < 1.29 is 14.7 Å². The molecule has 66 valence electrons. The van der Waals surface area contributed by atoms with Crippen LogP contribution in [0.3, 0.4) is 0 Å². The first-order valence-corrected chi connectivity index (χ1v) is 3.48. The van der Waals surface area contributed by atoms with Crippen LogP contribution in [-0.2, 0) is 9.59 Å². The van der Waals surface area contributed by atoms with Crippen LogP contribution in [-0.4, -0.2) is 17.0 Å². The van der Waals surface area contributed by atoms with E-state index in [-0.39, 0.29) is 5.91 Å². The van der Waals surface area contributed by atoms with E-state index in [9.17, 15) is 9.59 Å². The van der Waals surface area contributed by atoms with E-state index in [2.05, 4.69) is 5.73 Å². The number of amides is 1. The molecule has 0 radical (unpaired) electrons. The summed E-state index contributed by atoms with van der Waals surface area (Å²) in [7, 11) is 0. The third kappa shape index (κ3) is 49.8. The Labute approximate surface area is 66.4 Å². The molecule has 0 aromatic rings. The van der Waals surface area contributed by atoms with Crippen LogP contribution in [0.5, 0.6) is 0 Å². The minimum absolute atomic E-state index is 0.316. The van der Waals surface area contributed by atoms with Crippen LogP contribution in [0.4, 0.5) is 0 Å². The van der Waals surface area contributed by atoms with E-state index in [1.165, 1.54) is 6.92 Å². The quantitative estimate of drug-likeness (QED) is 0.641. The summed E-state index contributed by atoms with van der Waals surface area (Å²) in [5.74, 6) is -1.03. The molecule has 0 unspecified atom stereocenters. The van der Waals surface area contributed by atoms with Gasteiger partial charge in [0.05, 0.1) is 0 Å². The number of unbranched alkanes of at least 4 members (excludes halogenated alkanes) is 1. The van der Waals surface area contributed by atoms with Crippen LogP contribution in [0, 0.1) is 0 Å². The average molecular weight is 161 g/mol. The minimum Gasteiger partial charge on any atom is -0.481 e. The fourth-order valence-corrected chi connectivity index (χ4v) is 0.328. The Morgan fingerprint density at radius 2 is 1.82 bits per heavy atom. The number of hydrogen-bond acceptors (Lipinski definition) is 2. The highest BCUT2D eigenvalue weighted by Crippen LogP contribution is 1.91. The van der Waals surface area contributed by atoms with Gasteiger partial charge in [-0.1, -0.05) is 13.3 Å². The molecule has 0 aromatic carbocycles. The molecule has 0 atom stereocenters. The van der Waals surface area contributed by atoms with Crippen LogP contribution in [0.1, 0.15) is 33.1 Å². The lowest BCUT2D eigenvalue weighted by Gasteiger charge is -1.85. The van der Waals surface area contributed by atoms with Crippen molar-refractivity contribution in [2.75, 3.05) is 0 Å². The fraction of sp³-hybridized carbons (Fsp3) is 0.714. The van der Waals surface area contributed by atoms with Crippen molar-refractivity contribution in [3.8, 4) is 0 Å². The van der Waals surface area contributed by atoms with Gasteiger partial charge in [0.15, 0.2) is 0 Å². The second kappa shape index (κ2) is 8.94. The summed E-state index contributed by atoms with van der Waals surface area (Å²) >= 11 is 0. The zero-order valence-corrected chi connectivity index (χ0v) is 6.96. The number of nitrogens with two attached hydrogens (primary N) is 1. The van der Waals surface area contributed by atoms with Crippen LogP contribution in [0.2, 0.25) is 0 Å². The zero-order chi connectivity index (χ0) is 9.28. The molecule has 0 aliphatic rings. The highest BCUT2D eigenvalue weighted by molar-refractivity contribution is 5.70. The lowest BCUT2D eigenvalue weighted by Crippen LogP contribution is -2.01. The number of carboxylic acids is 1. The second-order valence-electron chi connectivity index (χ2n) is 2.11. The van der Waals surface area contributed by atoms with Crippen LogP contribution < -0.4 is 5.73 Å². The molecule has 4 nitrogen and oxygen atoms in total. The fourth-order valence-electron chi connectivity index (χ4n) is 0.328. The normalized spacial score (nSPS) is 7.82. The highest BCUT2D eigenvalue weighted by Gasteiger charge is 1.90. The third-order valence-corrected chi connectivity index (χ3v) is 0.744. The Balaban J connectivity index is 0. The zero-order valence-electron chi connectivity index (χ0n) is 6.96. The summed E-state index contributed by atoms with van der Waals surface area (Å²) in [5, 5.41) is 8.04. The minimum atomic E-state index is -0.693. The Kier molecular flexibility index (Phi) is 10.2. The number of carbonyl (C=O) groups is 2. The smallest absolute Gasteiger partial charge is 0.303 e. The first kappa shape index (κ1) is 12.6. The first-order chi connectivity index (χ1) is 5.00. The SMILES string of the molecule is CC(N)=O.CCCCC(=O)O. The van der Waals surface area contributed by atoms with Gasteiger partial charge < -0.3 is 10.8 Å². The molecule has 0 saturated carbocycles. The molecule has 11 heavy (non-hydrogen) atoms. The van der Waals surface area contributed by atoms with Gasteiger partial charge in [-0.15, -0.1) is 0 Å². The summed E-state index contributed by atoms with van der Waals surface area (Å²) in [6.07, 6.45) is 2.08. The Morgan fingerprint density at radius 3 is 1.91 bits per heavy atom. The maximum absolute atomic E-state index is 9.76. The number of primary amides is 1. The molecule has 0 bridgehead atoms. The molecule has 1 amide bonds. The molecule has 0 aliphatic heterocycles. The highest BCUT2D eigenvalue weighted by atomic mass is 16.4. The molecule has 0 aromatic heterocycles. The molecular weight excluding hydrogens is 146 g/mol. The summed E-state index contributed by atoms with van der Waals surface area (Å²) in [5.41, 5.74) is 4.47. The van der Waals surface area contributed by atoms with Gasteiger partial charge in [-0.2, -0.15) is 0 Å². The van der Waals surface area contributed by atoms with Gasteiger partial charge in [0.2, 0.25) is 5.91 Å². The van der Waals surface area contributed by atoms with Crippen molar-refractivity contribution in [2.24, 2.45) is 5.73 Å². The van der Waals surface area contributed by atoms with Gasteiger partial charge in [-0.3, -0.25) is 9.59 Å². The number of carbonyl (C=O) groups excluding carboxylic acids is 1. The van der Waals surface area contributed by atoms with E-state index in [1.54, 1.807) is 0 Å². The predicted octanol–water partition coefficient (Wildman–Crippen LogP) is 0.753. The van der Waals surface area contributed by atoms with E-state index < -0.39 is 5.97 Å². The summed E-state index contributed by atoms with van der Waals surface area (Å²) in [4.78, 5) is 19.0. The van der Waals surface area contributed by atoms with Gasteiger partial charge >= 0.3 is 5.97 Å². The Bertz CT molecular complexity index is 119. The van der Waals surface area contributed by atoms with Gasteiger partial charge in [0.1, 0.15) is 0 Å². The van der Waals surface area contributed by atoms with Crippen molar-refractivity contribution in [1.82, 2.24) is 0 Å². The van der Waals surface area contributed by atoms with E-state index in [0.717, 1.165) is 12.8 Å². The predicted molar refractivity (Wildman–Crippen MR) is 42.0 cm³/mol. The van der Waals surface area contributed by atoms with Gasteiger partial charge in [-0.25, -0.2) is 0 Å².